The zero-order valence-electron chi connectivity index (χ0n) is 12.5. The normalized spacial score (nSPS) is 15.8. The molecule has 3 nitrogen and oxygen atoms in total. The molecule has 0 saturated carbocycles. The third-order valence-electron chi connectivity index (χ3n) is 3.54. The molecule has 0 aliphatic carbocycles. The fourth-order valence-corrected chi connectivity index (χ4v) is 2.73. The van der Waals surface area contributed by atoms with Gasteiger partial charge in [-0.3, -0.25) is 4.79 Å². The van der Waals surface area contributed by atoms with Crippen molar-refractivity contribution in [1.29, 1.82) is 0 Å². The predicted octanol–water partition coefficient (Wildman–Crippen LogP) is 2.41. The maximum Gasteiger partial charge on any atom is 0.230 e. The van der Waals surface area contributed by atoms with E-state index in [-0.39, 0.29) is 11.3 Å². The summed E-state index contributed by atoms with van der Waals surface area (Å²) in [6.45, 7) is 9.48. The molecular weight excluding hydrogens is 268 g/mol. The molecule has 4 heteroatoms. The first-order valence-electron chi connectivity index (χ1n) is 7.16. The van der Waals surface area contributed by atoms with Crippen LogP contribution < -0.4 is 10.6 Å². The monoisotopic (exact) mass is 292 g/mol. The molecule has 1 fully saturated rings. The van der Waals surface area contributed by atoms with Crippen LogP contribution in [0.25, 0.3) is 0 Å². The first-order valence-corrected chi connectivity index (χ1v) is 8.14. The summed E-state index contributed by atoms with van der Waals surface area (Å²) >= 11 is 1.60. The second-order valence-electron chi connectivity index (χ2n) is 6.39. The fourth-order valence-electron chi connectivity index (χ4n) is 2.00. The maximum atomic E-state index is 11.7. The molecule has 1 aromatic rings. The standard InChI is InChI=1S/C16H24N2OS/c1-16(2,3)13-4-6-14(7-5-13)20-11-15(19)18-10-12-8-17-9-12/h4-7,12,17H,8-11H2,1-3H3,(H,18,19). The molecule has 1 amide bonds. The summed E-state index contributed by atoms with van der Waals surface area (Å²) in [6, 6.07) is 8.52. The minimum atomic E-state index is 0.127. The van der Waals surface area contributed by atoms with Gasteiger partial charge in [0.25, 0.3) is 0 Å². The van der Waals surface area contributed by atoms with Crippen molar-refractivity contribution in [3.63, 3.8) is 0 Å². The second kappa shape index (κ2) is 6.64. The number of hydrogen-bond acceptors (Lipinski definition) is 3. The molecule has 1 aliphatic heterocycles. The van der Waals surface area contributed by atoms with Gasteiger partial charge in [0, 0.05) is 30.4 Å². The van der Waals surface area contributed by atoms with Gasteiger partial charge in [0.1, 0.15) is 0 Å². The molecule has 0 aromatic heterocycles. The first-order chi connectivity index (χ1) is 9.45. The maximum absolute atomic E-state index is 11.7. The van der Waals surface area contributed by atoms with Gasteiger partial charge in [0.15, 0.2) is 0 Å². The Kier molecular flexibility index (Phi) is 5.11. The van der Waals surface area contributed by atoms with Crippen molar-refractivity contribution >= 4 is 17.7 Å². The van der Waals surface area contributed by atoms with Crippen LogP contribution in [-0.4, -0.2) is 31.3 Å². The fraction of sp³-hybridized carbons (Fsp3) is 0.562. The number of nitrogens with one attached hydrogen (secondary N) is 2. The van der Waals surface area contributed by atoms with Crippen molar-refractivity contribution in [2.75, 3.05) is 25.4 Å². The number of rotatable bonds is 5. The number of thioether (sulfide) groups is 1. The van der Waals surface area contributed by atoms with Crippen molar-refractivity contribution in [3.8, 4) is 0 Å². The van der Waals surface area contributed by atoms with E-state index in [1.54, 1.807) is 11.8 Å². The van der Waals surface area contributed by atoms with Crippen LogP contribution in [0.15, 0.2) is 29.2 Å². The Morgan fingerprint density at radius 2 is 1.95 bits per heavy atom. The van der Waals surface area contributed by atoms with E-state index in [1.165, 1.54) is 5.56 Å². The van der Waals surface area contributed by atoms with Crippen molar-refractivity contribution < 1.29 is 4.79 Å². The molecule has 0 radical (unpaired) electrons. The number of benzene rings is 1. The molecule has 0 spiro atoms. The molecule has 20 heavy (non-hydrogen) atoms. The van der Waals surface area contributed by atoms with E-state index in [4.69, 9.17) is 0 Å². The lowest BCUT2D eigenvalue weighted by atomic mass is 9.87. The number of hydrogen-bond donors (Lipinski definition) is 2. The van der Waals surface area contributed by atoms with Crippen molar-refractivity contribution in [3.05, 3.63) is 29.8 Å². The SMILES string of the molecule is CC(C)(C)c1ccc(SCC(=O)NCC2CNC2)cc1. The number of carbonyl (C=O) groups is 1. The van der Waals surface area contributed by atoms with Crippen LogP contribution in [0.2, 0.25) is 0 Å². The molecule has 1 saturated heterocycles. The van der Waals surface area contributed by atoms with Gasteiger partial charge in [-0.25, -0.2) is 0 Å². The largest absolute Gasteiger partial charge is 0.355 e. The summed E-state index contributed by atoms with van der Waals surface area (Å²) in [5.41, 5.74) is 1.50. The quantitative estimate of drug-likeness (QED) is 0.819. The van der Waals surface area contributed by atoms with Gasteiger partial charge in [0.05, 0.1) is 5.75 Å². The number of carbonyl (C=O) groups excluding carboxylic acids is 1. The zero-order valence-corrected chi connectivity index (χ0v) is 13.3. The van der Waals surface area contributed by atoms with E-state index in [2.05, 4.69) is 55.7 Å². The first kappa shape index (κ1) is 15.4. The predicted molar refractivity (Wildman–Crippen MR) is 85.2 cm³/mol. The highest BCUT2D eigenvalue weighted by Crippen LogP contribution is 2.25. The molecule has 2 N–H and O–H groups in total. The van der Waals surface area contributed by atoms with Crippen molar-refractivity contribution in [2.24, 2.45) is 5.92 Å². The van der Waals surface area contributed by atoms with E-state index in [9.17, 15) is 4.79 Å². The van der Waals surface area contributed by atoms with Crippen LogP contribution in [-0.2, 0) is 10.2 Å². The molecule has 1 heterocycles. The van der Waals surface area contributed by atoms with Gasteiger partial charge in [-0.05, 0) is 23.1 Å². The van der Waals surface area contributed by atoms with Crippen molar-refractivity contribution in [2.45, 2.75) is 31.1 Å². The third-order valence-corrected chi connectivity index (χ3v) is 4.56. The lowest BCUT2D eigenvalue weighted by Gasteiger charge is -2.27. The van der Waals surface area contributed by atoms with Gasteiger partial charge in [-0.1, -0.05) is 32.9 Å². The Labute approximate surface area is 125 Å². The number of amides is 1. The van der Waals surface area contributed by atoms with E-state index < -0.39 is 0 Å². The Morgan fingerprint density at radius 1 is 1.30 bits per heavy atom. The van der Waals surface area contributed by atoms with Crippen molar-refractivity contribution in [1.82, 2.24) is 10.6 Å². The molecular formula is C16H24N2OS. The summed E-state index contributed by atoms with van der Waals surface area (Å²) < 4.78 is 0. The lowest BCUT2D eigenvalue weighted by molar-refractivity contribution is -0.118. The average molecular weight is 292 g/mol. The summed E-state index contributed by atoms with van der Waals surface area (Å²) in [7, 11) is 0. The highest BCUT2D eigenvalue weighted by atomic mass is 32.2. The van der Waals surface area contributed by atoms with Gasteiger partial charge < -0.3 is 10.6 Å². The molecule has 1 aliphatic rings. The Morgan fingerprint density at radius 3 is 2.45 bits per heavy atom. The lowest BCUT2D eigenvalue weighted by Crippen LogP contribution is -2.48. The van der Waals surface area contributed by atoms with Crippen LogP contribution in [0.4, 0.5) is 0 Å². The van der Waals surface area contributed by atoms with Gasteiger partial charge in [-0.2, -0.15) is 0 Å². The molecule has 0 unspecified atom stereocenters. The van der Waals surface area contributed by atoms with E-state index >= 15 is 0 Å². The van der Waals surface area contributed by atoms with Gasteiger partial charge in [-0.15, -0.1) is 11.8 Å². The van der Waals surface area contributed by atoms with Gasteiger partial charge in [0.2, 0.25) is 5.91 Å². The van der Waals surface area contributed by atoms with E-state index in [0.717, 1.165) is 24.5 Å². The molecule has 0 atom stereocenters. The van der Waals surface area contributed by atoms with Gasteiger partial charge >= 0.3 is 0 Å². The molecule has 0 bridgehead atoms. The topological polar surface area (TPSA) is 41.1 Å². The summed E-state index contributed by atoms with van der Waals surface area (Å²) in [6.07, 6.45) is 0. The summed E-state index contributed by atoms with van der Waals surface area (Å²) in [5, 5.41) is 6.19. The minimum Gasteiger partial charge on any atom is -0.355 e. The highest BCUT2D eigenvalue weighted by molar-refractivity contribution is 8.00. The molecule has 1 aromatic carbocycles. The van der Waals surface area contributed by atoms with E-state index in [0.29, 0.717) is 11.7 Å². The second-order valence-corrected chi connectivity index (χ2v) is 7.44. The smallest absolute Gasteiger partial charge is 0.230 e. The Balaban J connectivity index is 1.74. The Hall–Kier alpha value is -1.00. The highest BCUT2D eigenvalue weighted by Gasteiger charge is 2.17. The molecule has 110 valence electrons. The summed E-state index contributed by atoms with van der Waals surface area (Å²) in [4.78, 5) is 12.9. The van der Waals surface area contributed by atoms with Crippen LogP contribution in [0, 0.1) is 5.92 Å². The van der Waals surface area contributed by atoms with Crippen LogP contribution in [0.1, 0.15) is 26.3 Å². The molecule has 2 rings (SSSR count). The average Bonchev–Trinajstić information content (AvgIpc) is 2.34. The summed E-state index contributed by atoms with van der Waals surface area (Å²) in [5.74, 6) is 1.24. The van der Waals surface area contributed by atoms with Crippen LogP contribution in [0.3, 0.4) is 0 Å². The van der Waals surface area contributed by atoms with Crippen LogP contribution in [0.5, 0.6) is 0 Å². The zero-order chi connectivity index (χ0) is 14.6. The van der Waals surface area contributed by atoms with Crippen LogP contribution >= 0.6 is 11.8 Å². The van der Waals surface area contributed by atoms with E-state index in [1.807, 2.05) is 0 Å². The Bertz CT molecular complexity index is 447. The minimum absolute atomic E-state index is 0.127. The third kappa shape index (κ3) is 4.53.